The van der Waals surface area contributed by atoms with Gasteiger partial charge in [-0.2, -0.15) is 0 Å². The van der Waals surface area contributed by atoms with Crippen LogP contribution in [0.4, 0.5) is 0 Å². The molecule has 1 fully saturated rings. The quantitative estimate of drug-likeness (QED) is 0.647. The van der Waals surface area contributed by atoms with E-state index in [-0.39, 0.29) is 11.6 Å². The van der Waals surface area contributed by atoms with Crippen LogP contribution in [0.2, 0.25) is 10.0 Å². The maximum Gasteiger partial charge on any atom is 0.0847 e. The first-order valence-corrected chi connectivity index (χ1v) is 6.83. The third-order valence-electron chi connectivity index (χ3n) is 3.90. The average molecular weight is 289 g/mol. The van der Waals surface area contributed by atoms with Crippen LogP contribution < -0.4 is 11.3 Å². The highest BCUT2D eigenvalue weighted by Crippen LogP contribution is 2.39. The van der Waals surface area contributed by atoms with Crippen LogP contribution in [0.1, 0.15) is 24.8 Å². The van der Waals surface area contributed by atoms with E-state index in [2.05, 4.69) is 5.43 Å². The van der Waals surface area contributed by atoms with Gasteiger partial charge in [-0.3, -0.25) is 11.3 Å². The van der Waals surface area contributed by atoms with Gasteiger partial charge < -0.3 is 4.74 Å². The Kier molecular flexibility index (Phi) is 4.51. The number of halogens is 2. The summed E-state index contributed by atoms with van der Waals surface area (Å²) in [6.07, 6.45) is 3.94. The van der Waals surface area contributed by atoms with Crippen molar-refractivity contribution < 1.29 is 4.74 Å². The number of nitrogens with one attached hydrogen (secondary N) is 1. The zero-order valence-electron chi connectivity index (χ0n) is 10.4. The normalized spacial score (nSPS) is 19.3. The van der Waals surface area contributed by atoms with E-state index in [1.54, 1.807) is 13.2 Å². The van der Waals surface area contributed by atoms with Gasteiger partial charge in [0, 0.05) is 7.11 Å². The van der Waals surface area contributed by atoms with Crippen molar-refractivity contribution in [3.8, 4) is 0 Å². The van der Waals surface area contributed by atoms with Gasteiger partial charge in [0.05, 0.1) is 21.7 Å². The largest absolute Gasteiger partial charge is 0.377 e. The highest BCUT2D eigenvalue weighted by atomic mass is 35.5. The van der Waals surface area contributed by atoms with Crippen LogP contribution in [0.3, 0.4) is 0 Å². The van der Waals surface area contributed by atoms with Gasteiger partial charge in [0.15, 0.2) is 0 Å². The molecule has 0 aliphatic heterocycles. The molecule has 0 radical (unpaired) electrons. The summed E-state index contributed by atoms with van der Waals surface area (Å²) >= 11 is 12.2. The van der Waals surface area contributed by atoms with Crippen LogP contribution in [0, 0.1) is 0 Å². The number of methoxy groups -OCH3 is 1. The number of benzene rings is 1. The second-order valence-electron chi connectivity index (χ2n) is 4.76. The van der Waals surface area contributed by atoms with Crippen LogP contribution in [0.15, 0.2) is 18.2 Å². The Bertz CT molecular complexity index is 416. The third-order valence-corrected chi connectivity index (χ3v) is 4.76. The summed E-state index contributed by atoms with van der Waals surface area (Å²) < 4.78 is 5.65. The predicted molar refractivity (Wildman–Crippen MR) is 74.9 cm³/mol. The summed E-state index contributed by atoms with van der Waals surface area (Å²) in [5.74, 6) is 5.67. The van der Waals surface area contributed by atoms with Gasteiger partial charge in [0.1, 0.15) is 0 Å². The van der Waals surface area contributed by atoms with E-state index in [9.17, 15) is 0 Å². The monoisotopic (exact) mass is 288 g/mol. The van der Waals surface area contributed by atoms with E-state index in [1.807, 2.05) is 12.1 Å². The minimum atomic E-state index is -0.166. The molecule has 1 aliphatic carbocycles. The van der Waals surface area contributed by atoms with Crippen LogP contribution in [-0.2, 0) is 11.2 Å². The van der Waals surface area contributed by atoms with Crippen molar-refractivity contribution in [2.45, 2.75) is 37.3 Å². The summed E-state index contributed by atoms with van der Waals surface area (Å²) in [6.45, 7) is 0. The van der Waals surface area contributed by atoms with Gasteiger partial charge in [-0.1, -0.05) is 35.3 Å². The molecule has 0 aromatic heterocycles. The molecule has 1 unspecified atom stereocenters. The molecule has 1 atom stereocenters. The molecule has 0 saturated heterocycles. The fourth-order valence-electron chi connectivity index (χ4n) is 2.54. The molecule has 2 rings (SSSR count). The standard InChI is InChI=1S/C13H18Cl2N2O/c1-18-13(6-3-7-13)11(17-16)8-9-4-2-5-10(14)12(9)15/h2,4-5,11,17H,3,6-8,16H2,1H3. The lowest BCUT2D eigenvalue weighted by Crippen LogP contribution is -2.59. The summed E-state index contributed by atoms with van der Waals surface area (Å²) in [5.41, 5.74) is 3.69. The lowest BCUT2D eigenvalue weighted by atomic mass is 9.73. The third kappa shape index (κ3) is 2.51. The van der Waals surface area contributed by atoms with Crippen LogP contribution in [0.25, 0.3) is 0 Å². The number of hydrazine groups is 1. The molecular weight excluding hydrogens is 271 g/mol. The van der Waals surface area contributed by atoms with E-state index in [4.69, 9.17) is 33.8 Å². The van der Waals surface area contributed by atoms with Gasteiger partial charge in [-0.15, -0.1) is 0 Å². The number of rotatable bonds is 5. The fourth-order valence-corrected chi connectivity index (χ4v) is 2.94. The second-order valence-corrected chi connectivity index (χ2v) is 5.54. The zero-order chi connectivity index (χ0) is 13.2. The lowest BCUT2D eigenvalue weighted by molar-refractivity contribution is -0.0982. The molecule has 1 aliphatic rings. The van der Waals surface area contributed by atoms with Crippen molar-refractivity contribution in [1.82, 2.24) is 5.43 Å². The fraction of sp³-hybridized carbons (Fsp3) is 0.538. The van der Waals surface area contributed by atoms with Crippen LogP contribution in [-0.4, -0.2) is 18.8 Å². The minimum absolute atomic E-state index is 0.0483. The molecule has 18 heavy (non-hydrogen) atoms. The Morgan fingerprint density at radius 2 is 2.17 bits per heavy atom. The number of hydrogen-bond acceptors (Lipinski definition) is 3. The Morgan fingerprint density at radius 3 is 2.67 bits per heavy atom. The Balaban J connectivity index is 2.18. The maximum absolute atomic E-state index is 6.21. The Labute approximate surface area is 118 Å². The van der Waals surface area contributed by atoms with Gasteiger partial charge in [-0.25, -0.2) is 0 Å². The van der Waals surface area contributed by atoms with Crippen molar-refractivity contribution in [2.24, 2.45) is 5.84 Å². The number of ether oxygens (including phenoxy) is 1. The molecule has 0 spiro atoms. The first-order valence-electron chi connectivity index (χ1n) is 6.07. The molecule has 100 valence electrons. The van der Waals surface area contributed by atoms with Crippen LogP contribution >= 0.6 is 23.2 Å². The first kappa shape index (κ1) is 14.1. The van der Waals surface area contributed by atoms with Gasteiger partial charge in [0.2, 0.25) is 0 Å². The highest BCUT2D eigenvalue weighted by Gasteiger charge is 2.44. The highest BCUT2D eigenvalue weighted by molar-refractivity contribution is 6.42. The summed E-state index contributed by atoms with van der Waals surface area (Å²) in [7, 11) is 1.74. The van der Waals surface area contributed by atoms with Crippen molar-refractivity contribution in [3.63, 3.8) is 0 Å². The van der Waals surface area contributed by atoms with Gasteiger partial charge in [-0.05, 0) is 37.3 Å². The van der Waals surface area contributed by atoms with Gasteiger partial charge in [0.25, 0.3) is 0 Å². The number of nitrogens with two attached hydrogens (primary N) is 1. The molecule has 3 nitrogen and oxygen atoms in total. The molecule has 3 N–H and O–H groups in total. The summed E-state index contributed by atoms with van der Waals surface area (Å²) in [6, 6.07) is 5.71. The predicted octanol–water partition coefficient (Wildman–Crippen LogP) is 2.94. The Hall–Kier alpha value is -0.320. The first-order chi connectivity index (χ1) is 8.63. The molecule has 1 aromatic rings. The average Bonchev–Trinajstić information content (AvgIpc) is 2.32. The van der Waals surface area contributed by atoms with E-state index >= 15 is 0 Å². The second kappa shape index (κ2) is 5.76. The molecule has 1 aromatic carbocycles. The van der Waals surface area contributed by atoms with E-state index in [0.29, 0.717) is 16.5 Å². The molecular formula is C13H18Cl2N2O. The van der Waals surface area contributed by atoms with Gasteiger partial charge >= 0.3 is 0 Å². The molecule has 0 heterocycles. The SMILES string of the molecule is COC1(C(Cc2cccc(Cl)c2Cl)NN)CCC1. The lowest BCUT2D eigenvalue weighted by Gasteiger charge is -2.46. The molecule has 0 amide bonds. The van der Waals surface area contributed by atoms with E-state index in [0.717, 1.165) is 18.4 Å². The van der Waals surface area contributed by atoms with E-state index < -0.39 is 0 Å². The minimum Gasteiger partial charge on any atom is -0.377 e. The van der Waals surface area contributed by atoms with Crippen molar-refractivity contribution in [2.75, 3.05) is 7.11 Å². The summed E-state index contributed by atoms with van der Waals surface area (Å²) in [4.78, 5) is 0. The van der Waals surface area contributed by atoms with Crippen molar-refractivity contribution in [1.29, 1.82) is 0 Å². The maximum atomic E-state index is 6.21. The van der Waals surface area contributed by atoms with Crippen LogP contribution in [0.5, 0.6) is 0 Å². The molecule has 5 heteroatoms. The molecule has 0 bridgehead atoms. The topological polar surface area (TPSA) is 47.3 Å². The zero-order valence-corrected chi connectivity index (χ0v) is 11.9. The van der Waals surface area contributed by atoms with Crippen molar-refractivity contribution in [3.05, 3.63) is 33.8 Å². The molecule has 1 saturated carbocycles. The van der Waals surface area contributed by atoms with Crippen molar-refractivity contribution >= 4 is 23.2 Å². The smallest absolute Gasteiger partial charge is 0.0847 e. The number of hydrogen-bond donors (Lipinski definition) is 2. The Morgan fingerprint density at radius 1 is 1.44 bits per heavy atom. The summed E-state index contributed by atoms with van der Waals surface area (Å²) in [5, 5.41) is 1.18. The van der Waals surface area contributed by atoms with E-state index in [1.165, 1.54) is 6.42 Å².